The van der Waals surface area contributed by atoms with Crippen molar-refractivity contribution in [2.45, 2.75) is 6.42 Å². The number of carboxylic acids is 1. The predicted octanol–water partition coefficient (Wildman–Crippen LogP) is 1.91. The Morgan fingerprint density at radius 3 is 2.33 bits per heavy atom. The molecule has 94 valence electrons. The van der Waals surface area contributed by atoms with Gasteiger partial charge in [0, 0.05) is 6.54 Å². The van der Waals surface area contributed by atoms with Gasteiger partial charge >= 0.3 is 12.1 Å². The summed E-state index contributed by atoms with van der Waals surface area (Å²) < 4.78 is 0. The van der Waals surface area contributed by atoms with Crippen molar-refractivity contribution >= 4 is 17.6 Å². The van der Waals surface area contributed by atoms with Gasteiger partial charge in [-0.05, 0) is 17.6 Å². The van der Waals surface area contributed by atoms with Gasteiger partial charge in [-0.1, -0.05) is 30.3 Å². The van der Waals surface area contributed by atoms with E-state index in [1.165, 1.54) is 0 Å². The van der Waals surface area contributed by atoms with Crippen LogP contribution in [0.3, 0.4) is 0 Å². The zero-order valence-electron chi connectivity index (χ0n) is 9.67. The zero-order chi connectivity index (χ0) is 13.1. The minimum atomic E-state index is -1.08. The van der Waals surface area contributed by atoms with Crippen LogP contribution in [0, 0.1) is 0 Å². The van der Waals surface area contributed by atoms with Crippen molar-refractivity contribution in [2.75, 3.05) is 13.1 Å². The van der Waals surface area contributed by atoms with Crippen molar-refractivity contribution < 1.29 is 19.8 Å². The highest BCUT2D eigenvalue weighted by molar-refractivity contribution is 5.98. The second-order valence-electron chi connectivity index (χ2n) is 4.08. The lowest BCUT2D eigenvalue weighted by molar-refractivity contribution is -0.132. The van der Waals surface area contributed by atoms with E-state index in [9.17, 15) is 14.7 Å². The van der Waals surface area contributed by atoms with Gasteiger partial charge in [0.05, 0.1) is 12.1 Å². The van der Waals surface area contributed by atoms with E-state index in [2.05, 4.69) is 0 Å². The first-order valence-corrected chi connectivity index (χ1v) is 5.58. The monoisotopic (exact) mass is 247 g/mol. The number of amides is 1. The molecule has 18 heavy (non-hydrogen) atoms. The molecular weight excluding hydrogens is 234 g/mol. The van der Waals surface area contributed by atoms with Gasteiger partial charge in [-0.2, -0.15) is 0 Å². The first kappa shape index (κ1) is 12.2. The topological polar surface area (TPSA) is 77.8 Å². The third-order valence-corrected chi connectivity index (χ3v) is 3.00. The molecule has 0 fully saturated rings. The van der Waals surface area contributed by atoms with Crippen LogP contribution in [0.5, 0.6) is 0 Å². The van der Waals surface area contributed by atoms with Gasteiger partial charge in [0.15, 0.2) is 0 Å². The van der Waals surface area contributed by atoms with Crippen molar-refractivity contribution in [3.8, 4) is 0 Å². The van der Waals surface area contributed by atoms with E-state index in [0.717, 1.165) is 16.0 Å². The summed E-state index contributed by atoms with van der Waals surface area (Å²) in [5, 5.41) is 18.1. The maximum absolute atomic E-state index is 11.2. The molecule has 0 unspecified atom stereocenters. The molecule has 2 rings (SSSR count). The van der Waals surface area contributed by atoms with Crippen molar-refractivity contribution in [1.29, 1.82) is 0 Å². The van der Waals surface area contributed by atoms with Crippen molar-refractivity contribution in [3.63, 3.8) is 0 Å². The highest BCUT2D eigenvalue weighted by Crippen LogP contribution is 2.27. The van der Waals surface area contributed by atoms with Crippen LogP contribution in [0.15, 0.2) is 35.9 Å². The molecule has 1 heterocycles. The Morgan fingerprint density at radius 2 is 1.78 bits per heavy atom. The number of carboxylic acid groups (broad SMARTS) is 2. The van der Waals surface area contributed by atoms with Crippen LogP contribution < -0.4 is 0 Å². The third kappa shape index (κ3) is 2.34. The van der Waals surface area contributed by atoms with Crippen molar-refractivity contribution in [2.24, 2.45) is 0 Å². The second-order valence-corrected chi connectivity index (χ2v) is 4.08. The summed E-state index contributed by atoms with van der Waals surface area (Å²) in [5.41, 5.74) is 1.73. The van der Waals surface area contributed by atoms with Gasteiger partial charge in [0.1, 0.15) is 0 Å². The lowest BCUT2D eigenvalue weighted by Gasteiger charge is -2.27. The molecule has 0 spiro atoms. The number of rotatable bonds is 2. The summed E-state index contributed by atoms with van der Waals surface area (Å²) in [7, 11) is 0. The van der Waals surface area contributed by atoms with E-state index in [-0.39, 0.29) is 12.1 Å². The van der Waals surface area contributed by atoms with Crippen molar-refractivity contribution in [1.82, 2.24) is 4.90 Å². The molecule has 0 saturated carbocycles. The van der Waals surface area contributed by atoms with Gasteiger partial charge in [-0.3, -0.25) is 0 Å². The Morgan fingerprint density at radius 1 is 1.11 bits per heavy atom. The van der Waals surface area contributed by atoms with Gasteiger partial charge in [-0.15, -0.1) is 0 Å². The average Bonchev–Trinajstić information content (AvgIpc) is 2.39. The average molecular weight is 247 g/mol. The second kappa shape index (κ2) is 4.91. The molecule has 1 aliphatic rings. The number of nitrogens with zero attached hydrogens (tertiary/aromatic N) is 1. The van der Waals surface area contributed by atoms with Crippen molar-refractivity contribution in [3.05, 3.63) is 41.5 Å². The van der Waals surface area contributed by atoms with Gasteiger partial charge in [0.2, 0.25) is 0 Å². The quantitative estimate of drug-likeness (QED) is 0.836. The van der Waals surface area contributed by atoms with Gasteiger partial charge in [0.25, 0.3) is 0 Å². The van der Waals surface area contributed by atoms with Crippen LogP contribution in [0.25, 0.3) is 5.57 Å². The number of carbonyl (C=O) groups is 2. The molecule has 5 heteroatoms. The summed E-state index contributed by atoms with van der Waals surface area (Å²) in [6.45, 7) is 0.269. The first-order valence-electron chi connectivity index (χ1n) is 5.58. The van der Waals surface area contributed by atoms with E-state index in [1.54, 1.807) is 0 Å². The molecule has 0 aliphatic carbocycles. The van der Waals surface area contributed by atoms with E-state index in [0.29, 0.717) is 13.0 Å². The molecule has 0 bridgehead atoms. The van der Waals surface area contributed by atoms with E-state index >= 15 is 0 Å². The summed E-state index contributed by atoms with van der Waals surface area (Å²) in [4.78, 5) is 23.2. The lowest BCUT2D eigenvalue weighted by Crippen LogP contribution is -2.37. The van der Waals surface area contributed by atoms with Crippen LogP contribution in [0.1, 0.15) is 12.0 Å². The molecule has 0 saturated heterocycles. The van der Waals surface area contributed by atoms with Crippen LogP contribution in [0.4, 0.5) is 4.79 Å². The molecule has 1 aliphatic heterocycles. The van der Waals surface area contributed by atoms with Crippen LogP contribution >= 0.6 is 0 Å². The smallest absolute Gasteiger partial charge is 0.407 e. The maximum Gasteiger partial charge on any atom is 0.407 e. The standard InChI is InChI=1S/C13H13NO4/c15-12(16)11-8-14(13(17)18)7-6-10(11)9-4-2-1-3-5-9/h1-5H,6-8H2,(H,15,16)(H,17,18). The first-order chi connectivity index (χ1) is 8.59. The predicted molar refractivity (Wildman–Crippen MR) is 65.2 cm³/mol. The number of benzene rings is 1. The highest BCUT2D eigenvalue weighted by Gasteiger charge is 2.26. The lowest BCUT2D eigenvalue weighted by atomic mass is 9.93. The number of hydrogen-bond acceptors (Lipinski definition) is 2. The molecule has 5 nitrogen and oxygen atoms in total. The van der Waals surface area contributed by atoms with Crippen LogP contribution in [-0.2, 0) is 4.79 Å². The Balaban J connectivity index is 2.39. The molecule has 1 amide bonds. The molecule has 2 N–H and O–H groups in total. The largest absolute Gasteiger partial charge is 0.478 e. The summed E-state index contributed by atoms with van der Waals surface area (Å²) in [5.74, 6) is -1.06. The molecule has 1 aromatic rings. The summed E-state index contributed by atoms with van der Waals surface area (Å²) in [6.07, 6.45) is -0.654. The Kier molecular flexibility index (Phi) is 3.32. The molecular formula is C13H13NO4. The fourth-order valence-electron chi connectivity index (χ4n) is 2.08. The minimum Gasteiger partial charge on any atom is -0.478 e. The fraction of sp³-hybridized carbons (Fsp3) is 0.231. The highest BCUT2D eigenvalue weighted by atomic mass is 16.4. The van der Waals surface area contributed by atoms with E-state index < -0.39 is 12.1 Å². The Labute approximate surface area is 104 Å². The molecule has 0 radical (unpaired) electrons. The summed E-state index contributed by atoms with van der Waals surface area (Å²) in [6, 6.07) is 9.22. The SMILES string of the molecule is O=C(O)C1=C(c2ccccc2)CCN(C(=O)O)C1. The number of hydrogen-bond donors (Lipinski definition) is 2. The Bertz CT molecular complexity index is 507. The third-order valence-electron chi connectivity index (χ3n) is 3.00. The van der Waals surface area contributed by atoms with E-state index in [4.69, 9.17) is 5.11 Å². The molecule has 0 aromatic heterocycles. The zero-order valence-corrected chi connectivity index (χ0v) is 9.67. The number of aliphatic carboxylic acids is 1. The van der Waals surface area contributed by atoms with E-state index in [1.807, 2.05) is 30.3 Å². The maximum atomic E-state index is 11.2. The molecule has 0 atom stereocenters. The van der Waals surface area contributed by atoms with Gasteiger partial charge in [-0.25, -0.2) is 9.59 Å². The normalized spacial score (nSPS) is 15.7. The fourth-order valence-corrected chi connectivity index (χ4v) is 2.08. The van der Waals surface area contributed by atoms with Crippen LogP contribution in [0.2, 0.25) is 0 Å². The van der Waals surface area contributed by atoms with Crippen LogP contribution in [-0.4, -0.2) is 40.3 Å². The molecule has 1 aromatic carbocycles. The Hall–Kier alpha value is -2.30. The summed E-state index contributed by atoms with van der Waals surface area (Å²) >= 11 is 0. The minimum absolute atomic E-state index is 0.0606. The van der Waals surface area contributed by atoms with Gasteiger partial charge < -0.3 is 15.1 Å².